The molecular formula is AlNiVZr. The second kappa shape index (κ2) is 17.8. The van der Waals surface area contributed by atoms with Crippen molar-refractivity contribution in [1.82, 2.24) is 0 Å². The zero-order valence-corrected chi connectivity index (χ0v) is 7.84. The minimum absolute atomic E-state index is 0. The molecule has 22 valence electrons. The predicted molar refractivity (Wildman–Crippen MR) is 5.75 cm³/mol. The van der Waals surface area contributed by atoms with E-state index in [-0.39, 0.29) is 78.6 Å². The van der Waals surface area contributed by atoms with Gasteiger partial charge < -0.3 is 0 Å². The molecule has 0 aromatic rings. The van der Waals surface area contributed by atoms with Gasteiger partial charge in [-0.1, -0.05) is 0 Å². The molecule has 4 heteroatoms. The summed E-state index contributed by atoms with van der Waals surface area (Å²) < 4.78 is 0. The van der Waals surface area contributed by atoms with E-state index in [0.717, 1.165) is 0 Å². The van der Waals surface area contributed by atoms with Gasteiger partial charge in [0.05, 0.1) is 0 Å². The van der Waals surface area contributed by atoms with Crippen molar-refractivity contribution < 1.29 is 61.3 Å². The van der Waals surface area contributed by atoms with Crippen LogP contribution in [0.4, 0.5) is 0 Å². The summed E-state index contributed by atoms with van der Waals surface area (Å²) in [5, 5.41) is 0. The van der Waals surface area contributed by atoms with Gasteiger partial charge in [-0.2, -0.15) is 0 Å². The SMILES string of the molecule is [Al].[Ni].[V].[Zr]. The molecule has 0 aliphatic carbocycles. The molecule has 0 amide bonds. The van der Waals surface area contributed by atoms with Crippen LogP contribution in [0.1, 0.15) is 0 Å². The molecule has 0 aromatic heterocycles. The van der Waals surface area contributed by atoms with Crippen molar-refractivity contribution in [2.75, 3.05) is 0 Å². The van der Waals surface area contributed by atoms with Crippen LogP contribution in [0, 0.1) is 0 Å². The van der Waals surface area contributed by atoms with Crippen molar-refractivity contribution in [1.29, 1.82) is 0 Å². The molecule has 0 spiro atoms. The van der Waals surface area contributed by atoms with E-state index in [1.807, 2.05) is 0 Å². The van der Waals surface area contributed by atoms with Crippen LogP contribution >= 0.6 is 0 Å². The molecular weight excluding hydrogens is 228 g/mol. The van der Waals surface area contributed by atoms with Gasteiger partial charge in [0.1, 0.15) is 0 Å². The van der Waals surface area contributed by atoms with E-state index in [9.17, 15) is 0 Å². The molecule has 0 nitrogen and oxygen atoms in total. The van der Waals surface area contributed by atoms with Crippen molar-refractivity contribution in [2.24, 2.45) is 0 Å². The molecule has 0 saturated carbocycles. The Morgan fingerprint density at radius 2 is 1.00 bits per heavy atom. The van der Waals surface area contributed by atoms with E-state index in [2.05, 4.69) is 0 Å². The van der Waals surface area contributed by atoms with Gasteiger partial charge in [0.25, 0.3) is 0 Å². The quantitative estimate of drug-likeness (QED) is 0.495. The molecule has 0 bridgehead atoms. The molecule has 0 aliphatic rings. The summed E-state index contributed by atoms with van der Waals surface area (Å²) in [5.41, 5.74) is 0. The minimum atomic E-state index is 0. The first-order chi connectivity index (χ1) is 0. The van der Waals surface area contributed by atoms with Crippen molar-refractivity contribution in [2.45, 2.75) is 0 Å². The summed E-state index contributed by atoms with van der Waals surface area (Å²) in [4.78, 5) is 0. The van der Waals surface area contributed by atoms with Crippen LogP contribution in [0.15, 0.2) is 0 Å². The fourth-order valence-corrected chi connectivity index (χ4v) is 0. The molecule has 0 atom stereocenters. The maximum absolute atomic E-state index is 0. The average Bonchev–Trinajstić information content (AvgIpc) is 0. The molecule has 0 fully saturated rings. The Balaban J connectivity index is 0. The van der Waals surface area contributed by atoms with Gasteiger partial charge in [0, 0.05) is 78.6 Å². The molecule has 0 aliphatic heterocycles. The van der Waals surface area contributed by atoms with Crippen molar-refractivity contribution in [3.05, 3.63) is 0 Å². The number of rotatable bonds is 0. The fourth-order valence-electron chi connectivity index (χ4n) is 0. The van der Waals surface area contributed by atoms with Crippen LogP contribution in [0.5, 0.6) is 0 Å². The second-order valence-electron chi connectivity index (χ2n) is 0. The summed E-state index contributed by atoms with van der Waals surface area (Å²) in [5.74, 6) is 0. The zero-order valence-electron chi connectivity index (χ0n) is 1.84. The van der Waals surface area contributed by atoms with E-state index in [0.29, 0.717) is 0 Å². The third kappa shape index (κ3) is 8.82. The summed E-state index contributed by atoms with van der Waals surface area (Å²) in [7, 11) is 0. The van der Waals surface area contributed by atoms with Gasteiger partial charge in [-0.25, -0.2) is 0 Å². The molecule has 0 heterocycles. The Morgan fingerprint density at radius 3 is 1.00 bits per heavy atom. The summed E-state index contributed by atoms with van der Waals surface area (Å²) in [6.45, 7) is 0. The molecule has 4 radical (unpaired) electrons. The summed E-state index contributed by atoms with van der Waals surface area (Å²) >= 11 is 0. The monoisotopic (exact) mass is 226 g/mol. The van der Waals surface area contributed by atoms with Crippen LogP contribution in [0.3, 0.4) is 0 Å². The first-order valence-corrected chi connectivity index (χ1v) is 0. The van der Waals surface area contributed by atoms with Gasteiger partial charge in [-0.3, -0.25) is 0 Å². The Labute approximate surface area is 77.5 Å². The van der Waals surface area contributed by atoms with Crippen molar-refractivity contribution >= 4 is 17.4 Å². The maximum atomic E-state index is 0. The number of hydrogen-bond acceptors (Lipinski definition) is 0. The summed E-state index contributed by atoms with van der Waals surface area (Å²) in [6, 6.07) is 0. The predicted octanol–water partition coefficient (Wildman–Crippen LogP) is -0.388. The third-order valence-corrected chi connectivity index (χ3v) is 0. The average molecular weight is 228 g/mol. The van der Waals surface area contributed by atoms with E-state index < -0.39 is 0 Å². The van der Waals surface area contributed by atoms with Gasteiger partial charge in [0.2, 0.25) is 0 Å². The molecule has 0 unspecified atom stereocenters. The molecule has 0 saturated heterocycles. The second-order valence-corrected chi connectivity index (χ2v) is 0. The topological polar surface area (TPSA) is 0 Å². The van der Waals surface area contributed by atoms with Gasteiger partial charge >= 0.3 is 0 Å². The van der Waals surface area contributed by atoms with E-state index in [4.69, 9.17) is 0 Å². The smallest absolute Gasteiger partial charge is 0 e. The van der Waals surface area contributed by atoms with Crippen LogP contribution < -0.4 is 0 Å². The van der Waals surface area contributed by atoms with Crippen LogP contribution in [0.2, 0.25) is 0 Å². The largest absolute Gasteiger partial charge is 0 e. The van der Waals surface area contributed by atoms with E-state index in [1.165, 1.54) is 0 Å². The third-order valence-electron chi connectivity index (χ3n) is 0. The van der Waals surface area contributed by atoms with Crippen LogP contribution in [-0.4, -0.2) is 17.4 Å². The Bertz CT molecular complexity index is 8.00. The molecule has 0 N–H and O–H groups in total. The van der Waals surface area contributed by atoms with E-state index >= 15 is 0 Å². The normalized spacial score (nSPS) is 0. The van der Waals surface area contributed by atoms with E-state index in [1.54, 1.807) is 0 Å². The van der Waals surface area contributed by atoms with Crippen molar-refractivity contribution in [3.8, 4) is 0 Å². The van der Waals surface area contributed by atoms with Gasteiger partial charge in [-0.05, 0) is 0 Å². The first kappa shape index (κ1) is 31.5. The van der Waals surface area contributed by atoms with Crippen LogP contribution in [-0.2, 0) is 61.3 Å². The molecule has 4 heavy (non-hydrogen) atoms. The maximum Gasteiger partial charge on any atom is 0 e. The number of hydrogen-bond donors (Lipinski definition) is 0. The van der Waals surface area contributed by atoms with Gasteiger partial charge in [-0.15, -0.1) is 0 Å². The van der Waals surface area contributed by atoms with Crippen LogP contribution in [0.25, 0.3) is 0 Å². The Hall–Kier alpha value is 2.49. The fraction of sp³-hybridized carbons (Fsp3) is 0. The zero-order chi connectivity index (χ0) is 0. The molecule has 0 rings (SSSR count). The Kier molecular flexibility index (Phi) is 141. The minimum Gasteiger partial charge on any atom is 0 e. The summed E-state index contributed by atoms with van der Waals surface area (Å²) in [6.07, 6.45) is 0. The Morgan fingerprint density at radius 1 is 1.00 bits per heavy atom. The van der Waals surface area contributed by atoms with Gasteiger partial charge in [0.15, 0.2) is 0 Å². The molecule has 0 aromatic carbocycles. The van der Waals surface area contributed by atoms with Crippen molar-refractivity contribution in [3.63, 3.8) is 0 Å². The standard InChI is InChI=1S/Al.Ni.V.Zr. The first-order valence-electron chi connectivity index (χ1n) is 0.